The molecule has 1 aliphatic heterocycles. The summed E-state index contributed by atoms with van der Waals surface area (Å²) >= 11 is 0. The Morgan fingerprint density at radius 1 is 1.03 bits per heavy atom. The summed E-state index contributed by atoms with van der Waals surface area (Å²) in [7, 11) is 3.39. The van der Waals surface area contributed by atoms with Crippen LogP contribution in [-0.4, -0.2) is 54.6 Å². The van der Waals surface area contributed by atoms with Crippen molar-refractivity contribution in [2.24, 2.45) is 5.92 Å². The first-order chi connectivity index (χ1) is 14.0. The van der Waals surface area contributed by atoms with E-state index in [1.54, 1.807) is 19.0 Å². The van der Waals surface area contributed by atoms with Crippen molar-refractivity contribution in [2.45, 2.75) is 38.5 Å². The minimum Gasteiger partial charge on any atom is -0.349 e. The topological polar surface area (TPSA) is 57.7 Å². The number of hydrogen-bond acceptors (Lipinski definition) is 3. The smallest absolute Gasteiger partial charge is 0.223 e. The zero-order valence-corrected chi connectivity index (χ0v) is 17.2. The van der Waals surface area contributed by atoms with Gasteiger partial charge in [-0.3, -0.25) is 14.4 Å². The van der Waals surface area contributed by atoms with Gasteiger partial charge in [0.1, 0.15) is 0 Å². The normalized spacial score (nSPS) is 18.1. The van der Waals surface area contributed by atoms with Crippen LogP contribution in [0.4, 0.5) is 0 Å². The van der Waals surface area contributed by atoms with Gasteiger partial charge in [-0.1, -0.05) is 30.3 Å². The van der Waals surface area contributed by atoms with Gasteiger partial charge in [0.2, 0.25) is 11.8 Å². The van der Waals surface area contributed by atoms with Gasteiger partial charge in [0.25, 0.3) is 0 Å². The average Bonchev–Trinajstić information content (AvgIpc) is 3.16. The van der Waals surface area contributed by atoms with Gasteiger partial charge >= 0.3 is 0 Å². The maximum atomic E-state index is 13.4. The molecular weight excluding hydrogens is 364 g/mol. The van der Waals surface area contributed by atoms with Crippen LogP contribution in [0, 0.1) is 5.92 Å². The maximum Gasteiger partial charge on any atom is 0.223 e. The Kier molecular flexibility index (Phi) is 5.39. The van der Waals surface area contributed by atoms with Gasteiger partial charge in [0.05, 0.1) is 0 Å². The zero-order chi connectivity index (χ0) is 20.5. The van der Waals surface area contributed by atoms with Gasteiger partial charge in [-0.05, 0) is 47.6 Å². The number of piperidine rings is 1. The number of aryl methyl sites for hydroxylation is 2. The van der Waals surface area contributed by atoms with Crippen molar-refractivity contribution in [1.82, 2.24) is 9.80 Å². The minimum atomic E-state index is -0.171. The van der Waals surface area contributed by atoms with Crippen LogP contribution in [0.25, 0.3) is 10.8 Å². The number of ketones is 1. The number of likely N-dealkylation sites (tertiary alicyclic amines) is 1. The second-order valence-electron chi connectivity index (χ2n) is 8.44. The molecule has 0 unspecified atom stereocenters. The largest absolute Gasteiger partial charge is 0.349 e. The molecule has 5 heteroatoms. The Morgan fingerprint density at radius 3 is 2.55 bits per heavy atom. The maximum absolute atomic E-state index is 13.4. The molecule has 1 atom stereocenters. The highest BCUT2D eigenvalue weighted by Crippen LogP contribution is 2.34. The third-order valence-corrected chi connectivity index (χ3v) is 6.34. The highest BCUT2D eigenvalue weighted by molar-refractivity contribution is 6.11. The summed E-state index contributed by atoms with van der Waals surface area (Å²) in [5, 5.41) is 2.31. The molecule has 1 aliphatic carbocycles. The average molecular weight is 392 g/mol. The Labute approximate surface area is 171 Å². The predicted octanol–water partition coefficient (Wildman–Crippen LogP) is 3.23. The molecule has 0 spiro atoms. The molecule has 2 aromatic rings. The number of hydrogen-bond donors (Lipinski definition) is 0. The fourth-order valence-corrected chi connectivity index (χ4v) is 4.69. The number of amides is 2. The van der Waals surface area contributed by atoms with E-state index in [-0.39, 0.29) is 36.4 Å². The fraction of sp³-hybridized carbons (Fsp3) is 0.458. The number of carbonyl (C=O) groups is 3. The van der Waals surface area contributed by atoms with Crippen molar-refractivity contribution in [3.8, 4) is 0 Å². The van der Waals surface area contributed by atoms with Crippen LogP contribution < -0.4 is 0 Å². The van der Waals surface area contributed by atoms with Gasteiger partial charge in [-0.25, -0.2) is 0 Å². The second kappa shape index (κ2) is 7.97. The SMILES string of the molecule is CN(C)C(=O)CCC(=O)N1CCC[C@@H](C(=O)c2ccc3c4c(cccc24)CC3)C1. The molecule has 0 aromatic heterocycles. The van der Waals surface area contributed by atoms with Crippen LogP contribution in [0.2, 0.25) is 0 Å². The molecule has 0 bridgehead atoms. The summed E-state index contributed by atoms with van der Waals surface area (Å²) in [6.45, 7) is 1.12. The molecule has 29 heavy (non-hydrogen) atoms. The lowest BCUT2D eigenvalue weighted by atomic mass is 9.87. The standard InChI is InChI=1S/C24H28N2O3/c1-25(2)21(27)12-13-22(28)26-14-4-6-18(15-26)24(29)20-11-10-17-9-8-16-5-3-7-19(20)23(16)17/h3,5,7,10-11,18H,4,6,8-9,12-15H2,1-2H3/t18-/m1/s1. The van der Waals surface area contributed by atoms with Crippen LogP contribution in [0.15, 0.2) is 30.3 Å². The Balaban J connectivity index is 1.49. The zero-order valence-electron chi connectivity index (χ0n) is 17.2. The summed E-state index contributed by atoms with van der Waals surface area (Å²) in [4.78, 5) is 41.0. The first kappa shape index (κ1) is 19.6. The van der Waals surface area contributed by atoms with Crippen molar-refractivity contribution < 1.29 is 14.4 Å². The quantitative estimate of drug-likeness (QED) is 0.734. The molecule has 2 aromatic carbocycles. The highest BCUT2D eigenvalue weighted by Gasteiger charge is 2.30. The van der Waals surface area contributed by atoms with Gasteiger partial charge in [0, 0.05) is 51.5 Å². The lowest BCUT2D eigenvalue weighted by molar-refractivity contribution is -0.136. The van der Waals surface area contributed by atoms with E-state index >= 15 is 0 Å². The summed E-state index contributed by atoms with van der Waals surface area (Å²) < 4.78 is 0. The molecule has 4 rings (SSSR count). The molecule has 1 heterocycles. The minimum absolute atomic E-state index is 0.0295. The third kappa shape index (κ3) is 3.78. The Hall–Kier alpha value is -2.69. The van der Waals surface area contributed by atoms with E-state index in [9.17, 15) is 14.4 Å². The van der Waals surface area contributed by atoms with Crippen molar-refractivity contribution in [3.63, 3.8) is 0 Å². The van der Waals surface area contributed by atoms with Gasteiger partial charge in [-0.2, -0.15) is 0 Å². The third-order valence-electron chi connectivity index (χ3n) is 6.34. The van der Waals surface area contributed by atoms with E-state index in [4.69, 9.17) is 0 Å². The molecule has 5 nitrogen and oxygen atoms in total. The first-order valence-corrected chi connectivity index (χ1v) is 10.5. The highest BCUT2D eigenvalue weighted by atomic mass is 16.2. The molecule has 0 N–H and O–H groups in total. The van der Waals surface area contributed by atoms with E-state index in [1.165, 1.54) is 21.4 Å². The van der Waals surface area contributed by atoms with Gasteiger partial charge in [0.15, 0.2) is 5.78 Å². The molecular formula is C24H28N2O3. The molecule has 2 amide bonds. The summed E-state index contributed by atoms with van der Waals surface area (Å²) in [6, 6.07) is 10.3. The van der Waals surface area contributed by atoms with E-state index in [0.717, 1.165) is 36.6 Å². The fourth-order valence-electron chi connectivity index (χ4n) is 4.69. The Bertz CT molecular complexity index is 969. The molecule has 1 saturated heterocycles. The van der Waals surface area contributed by atoms with Gasteiger partial charge < -0.3 is 9.80 Å². The molecule has 152 valence electrons. The van der Waals surface area contributed by atoms with E-state index in [1.807, 2.05) is 12.1 Å². The predicted molar refractivity (Wildman–Crippen MR) is 113 cm³/mol. The van der Waals surface area contributed by atoms with Gasteiger partial charge in [-0.15, -0.1) is 0 Å². The lowest BCUT2D eigenvalue weighted by Crippen LogP contribution is -2.42. The second-order valence-corrected chi connectivity index (χ2v) is 8.44. The van der Waals surface area contributed by atoms with Crippen molar-refractivity contribution in [1.29, 1.82) is 0 Å². The number of Topliss-reactive ketones (excluding diaryl/α,β-unsaturated/α-hetero) is 1. The van der Waals surface area contributed by atoms with Crippen LogP contribution >= 0.6 is 0 Å². The summed E-state index contributed by atoms with van der Waals surface area (Å²) in [6.07, 6.45) is 4.14. The van der Waals surface area contributed by atoms with Crippen LogP contribution in [0.5, 0.6) is 0 Å². The van der Waals surface area contributed by atoms with Crippen molar-refractivity contribution >= 4 is 28.4 Å². The van der Waals surface area contributed by atoms with Crippen molar-refractivity contribution in [2.75, 3.05) is 27.2 Å². The lowest BCUT2D eigenvalue weighted by Gasteiger charge is -2.32. The number of carbonyl (C=O) groups excluding carboxylic acids is 3. The van der Waals surface area contributed by atoms with Crippen LogP contribution in [-0.2, 0) is 22.4 Å². The molecule has 1 fully saturated rings. The van der Waals surface area contributed by atoms with E-state index in [2.05, 4.69) is 18.2 Å². The van der Waals surface area contributed by atoms with Crippen LogP contribution in [0.1, 0.15) is 47.2 Å². The van der Waals surface area contributed by atoms with Crippen molar-refractivity contribution in [3.05, 3.63) is 47.0 Å². The molecule has 0 saturated carbocycles. The molecule has 0 radical (unpaired) electrons. The number of benzene rings is 2. The molecule has 2 aliphatic rings. The summed E-state index contributed by atoms with van der Waals surface area (Å²) in [5.74, 6) is -0.104. The van der Waals surface area contributed by atoms with E-state index < -0.39 is 0 Å². The monoisotopic (exact) mass is 392 g/mol. The van der Waals surface area contributed by atoms with Crippen LogP contribution in [0.3, 0.4) is 0 Å². The number of rotatable bonds is 5. The number of nitrogens with zero attached hydrogens (tertiary/aromatic N) is 2. The van der Waals surface area contributed by atoms with E-state index in [0.29, 0.717) is 13.1 Å². The summed E-state index contributed by atoms with van der Waals surface area (Å²) in [5.41, 5.74) is 3.45. The Morgan fingerprint density at radius 2 is 1.79 bits per heavy atom. The first-order valence-electron chi connectivity index (χ1n) is 10.5.